The van der Waals surface area contributed by atoms with E-state index in [0.29, 0.717) is 30.0 Å². The summed E-state index contributed by atoms with van der Waals surface area (Å²) in [4.78, 5) is 11.9. The molecular formula is C13H17ClN2O3S. The third-order valence-electron chi connectivity index (χ3n) is 3.74. The number of halogens is 1. The summed E-state index contributed by atoms with van der Waals surface area (Å²) in [7, 11) is -3.38. The normalized spacial score (nSPS) is 26.4. The maximum Gasteiger partial charge on any atom is 0.244 e. The van der Waals surface area contributed by atoms with Crippen molar-refractivity contribution in [1.29, 1.82) is 0 Å². The first-order valence-electron chi connectivity index (χ1n) is 6.28. The number of carbonyl (C=O) groups excluding carboxylic acids is 1. The minimum absolute atomic E-state index is 0.395. The number of primary amides is 1. The first kappa shape index (κ1) is 15.1. The molecular weight excluding hydrogens is 300 g/mol. The molecule has 0 heterocycles. The molecule has 1 aliphatic carbocycles. The molecule has 1 fully saturated rings. The molecule has 1 aromatic rings. The number of benzene rings is 1. The highest BCUT2D eigenvalue weighted by Crippen LogP contribution is 2.37. The van der Waals surface area contributed by atoms with Crippen molar-refractivity contribution >= 4 is 33.0 Å². The standard InChI is InChI=1S/C13H17ClN2O3S/c1-20(18,19)11-6-3-7-13(11,12(15)17)16-10-5-2-4-9(14)8-10/h2,4-5,8,11,16H,3,6-7H2,1H3,(H2,15,17). The highest BCUT2D eigenvalue weighted by molar-refractivity contribution is 7.91. The lowest BCUT2D eigenvalue weighted by atomic mass is 9.95. The number of nitrogens with one attached hydrogen (secondary N) is 1. The predicted octanol–water partition coefficient (Wildman–Crippen LogP) is 1.57. The van der Waals surface area contributed by atoms with Gasteiger partial charge in [0.05, 0.1) is 5.25 Å². The summed E-state index contributed by atoms with van der Waals surface area (Å²) in [6.07, 6.45) is 2.59. The van der Waals surface area contributed by atoms with E-state index in [0.717, 1.165) is 6.26 Å². The second kappa shape index (κ2) is 5.26. The quantitative estimate of drug-likeness (QED) is 0.882. The largest absolute Gasteiger partial charge is 0.370 e. The monoisotopic (exact) mass is 316 g/mol. The van der Waals surface area contributed by atoms with Gasteiger partial charge in [-0.15, -0.1) is 0 Å². The van der Waals surface area contributed by atoms with Crippen LogP contribution in [-0.2, 0) is 14.6 Å². The number of hydrogen-bond donors (Lipinski definition) is 2. The van der Waals surface area contributed by atoms with Crippen LogP contribution in [0.4, 0.5) is 5.69 Å². The third kappa shape index (κ3) is 2.76. The van der Waals surface area contributed by atoms with Crippen molar-refractivity contribution in [3.05, 3.63) is 29.3 Å². The molecule has 0 saturated heterocycles. The SMILES string of the molecule is CS(=O)(=O)C1CCCC1(Nc1cccc(Cl)c1)C(N)=O. The molecule has 0 radical (unpaired) electrons. The van der Waals surface area contributed by atoms with Crippen molar-refractivity contribution in [3.63, 3.8) is 0 Å². The summed E-state index contributed by atoms with van der Waals surface area (Å²) in [6.45, 7) is 0. The molecule has 0 spiro atoms. The summed E-state index contributed by atoms with van der Waals surface area (Å²) >= 11 is 5.91. The van der Waals surface area contributed by atoms with Crippen LogP contribution in [0.1, 0.15) is 19.3 Å². The van der Waals surface area contributed by atoms with E-state index in [1.165, 1.54) is 0 Å². The maximum atomic E-state index is 11.9. The van der Waals surface area contributed by atoms with Crippen molar-refractivity contribution in [2.75, 3.05) is 11.6 Å². The van der Waals surface area contributed by atoms with Gasteiger partial charge in [0.15, 0.2) is 9.84 Å². The molecule has 2 atom stereocenters. The minimum Gasteiger partial charge on any atom is -0.370 e. The Morgan fingerprint density at radius 3 is 2.75 bits per heavy atom. The number of rotatable bonds is 4. The Labute approximate surface area is 123 Å². The highest BCUT2D eigenvalue weighted by Gasteiger charge is 2.52. The van der Waals surface area contributed by atoms with Gasteiger partial charge >= 0.3 is 0 Å². The molecule has 7 heteroatoms. The average molecular weight is 317 g/mol. The van der Waals surface area contributed by atoms with Gasteiger partial charge in [0.2, 0.25) is 5.91 Å². The Hall–Kier alpha value is -1.27. The number of carbonyl (C=O) groups is 1. The smallest absolute Gasteiger partial charge is 0.244 e. The minimum atomic E-state index is -3.38. The maximum absolute atomic E-state index is 11.9. The molecule has 110 valence electrons. The molecule has 0 bridgehead atoms. The summed E-state index contributed by atoms with van der Waals surface area (Å²) in [6, 6.07) is 6.80. The number of anilines is 1. The fourth-order valence-corrected chi connectivity index (χ4v) is 4.67. The van der Waals surface area contributed by atoms with E-state index >= 15 is 0 Å². The lowest BCUT2D eigenvalue weighted by molar-refractivity contribution is -0.122. The first-order valence-corrected chi connectivity index (χ1v) is 8.61. The van der Waals surface area contributed by atoms with Crippen LogP contribution >= 0.6 is 11.6 Å². The molecule has 5 nitrogen and oxygen atoms in total. The summed E-state index contributed by atoms with van der Waals surface area (Å²) < 4.78 is 23.9. The van der Waals surface area contributed by atoms with Crippen LogP contribution in [0.15, 0.2) is 24.3 Å². The van der Waals surface area contributed by atoms with Crippen LogP contribution in [0.5, 0.6) is 0 Å². The zero-order valence-electron chi connectivity index (χ0n) is 11.1. The second-order valence-corrected chi connectivity index (χ2v) is 7.85. The van der Waals surface area contributed by atoms with Crippen molar-refractivity contribution < 1.29 is 13.2 Å². The van der Waals surface area contributed by atoms with Crippen LogP contribution in [-0.4, -0.2) is 31.4 Å². The van der Waals surface area contributed by atoms with Gasteiger partial charge in [-0.25, -0.2) is 8.42 Å². The highest BCUT2D eigenvalue weighted by atomic mass is 35.5. The Morgan fingerprint density at radius 2 is 2.20 bits per heavy atom. The predicted molar refractivity (Wildman–Crippen MR) is 79.5 cm³/mol. The van der Waals surface area contributed by atoms with Gasteiger partial charge in [0.25, 0.3) is 0 Å². The molecule has 0 aliphatic heterocycles. The number of nitrogens with two attached hydrogens (primary N) is 1. The fraction of sp³-hybridized carbons (Fsp3) is 0.462. The average Bonchev–Trinajstić information content (AvgIpc) is 2.73. The molecule has 1 amide bonds. The molecule has 2 unspecified atom stereocenters. The van der Waals surface area contributed by atoms with Crippen molar-refractivity contribution in [1.82, 2.24) is 0 Å². The Balaban J connectivity index is 2.43. The van der Waals surface area contributed by atoms with Crippen molar-refractivity contribution in [2.45, 2.75) is 30.1 Å². The van der Waals surface area contributed by atoms with E-state index in [1.54, 1.807) is 24.3 Å². The summed E-state index contributed by atoms with van der Waals surface area (Å²) in [5.74, 6) is -0.648. The lowest BCUT2D eigenvalue weighted by Crippen LogP contribution is -2.58. The van der Waals surface area contributed by atoms with Crippen LogP contribution < -0.4 is 11.1 Å². The van der Waals surface area contributed by atoms with Crippen LogP contribution in [0.3, 0.4) is 0 Å². The molecule has 2 rings (SSSR count). The van der Waals surface area contributed by atoms with E-state index < -0.39 is 26.5 Å². The zero-order valence-corrected chi connectivity index (χ0v) is 12.7. The Kier molecular flexibility index (Phi) is 3.97. The third-order valence-corrected chi connectivity index (χ3v) is 5.64. The molecule has 1 aliphatic rings. The summed E-state index contributed by atoms with van der Waals surface area (Å²) in [5, 5.41) is 2.70. The fourth-order valence-electron chi connectivity index (χ4n) is 2.86. The van der Waals surface area contributed by atoms with E-state index in [1.807, 2.05) is 0 Å². The van der Waals surface area contributed by atoms with Gasteiger partial charge < -0.3 is 11.1 Å². The summed E-state index contributed by atoms with van der Waals surface area (Å²) in [5.41, 5.74) is 4.83. The van der Waals surface area contributed by atoms with Gasteiger partial charge in [-0.1, -0.05) is 17.7 Å². The van der Waals surface area contributed by atoms with Crippen LogP contribution in [0.25, 0.3) is 0 Å². The number of amides is 1. The van der Waals surface area contributed by atoms with Gasteiger partial charge in [0.1, 0.15) is 5.54 Å². The van der Waals surface area contributed by atoms with Gasteiger partial charge in [-0.3, -0.25) is 4.79 Å². The molecule has 1 saturated carbocycles. The van der Waals surface area contributed by atoms with Gasteiger partial charge in [0, 0.05) is 17.0 Å². The number of hydrogen-bond acceptors (Lipinski definition) is 4. The Bertz CT molecular complexity index is 632. The topological polar surface area (TPSA) is 89.3 Å². The Morgan fingerprint density at radius 1 is 1.50 bits per heavy atom. The molecule has 0 aromatic heterocycles. The number of sulfone groups is 1. The lowest BCUT2D eigenvalue weighted by Gasteiger charge is -2.33. The zero-order chi connectivity index (χ0) is 15.0. The molecule has 20 heavy (non-hydrogen) atoms. The van der Waals surface area contributed by atoms with Gasteiger partial charge in [-0.05, 0) is 37.5 Å². The van der Waals surface area contributed by atoms with Crippen LogP contribution in [0, 0.1) is 0 Å². The van der Waals surface area contributed by atoms with Crippen molar-refractivity contribution in [3.8, 4) is 0 Å². The van der Waals surface area contributed by atoms with Gasteiger partial charge in [-0.2, -0.15) is 0 Å². The van der Waals surface area contributed by atoms with E-state index in [-0.39, 0.29) is 0 Å². The first-order chi connectivity index (χ1) is 9.25. The van der Waals surface area contributed by atoms with Crippen molar-refractivity contribution in [2.24, 2.45) is 5.73 Å². The van der Waals surface area contributed by atoms with E-state index in [2.05, 4.69) is 5.32 Å². The molecule has 1 aromatic carbocycles. The second-order valence-electron chi connectivity index (χ2n) is 5.18. The molecule has 3 N–H and O–H groups in total. The van der Waals surface area contributed by atoms with E-state index in [4.69, 9.17) is 17.3 Å². The van der Waals surface area contributed by atoms with E-state index in [9.17, 15) is 13.2 Å². The van der Waals surface area contributed by atoms with Crippen LogP contribution in [0.2, 0.25) is 5.02 Å².